The van der Waals surface area contributed by atoms with Crippen LogP contribution in [0.15, 0.2) is 92.3 Å². The average Bonchev–Trinajstić information content (AvgIpc) is 1.68. The van der Waals surface area contributed by atoms with Crippen molar-refractivity contribution in [3.05, 3.63) is 92.3 Å². The fourth-order valence-electron chi connectivity index (χ4n) is 13.1. The van der Waals surface area contributed by atoms with Gasteiger partial charge >= 0.3 is 0 Å². The van der Waals surface area contributed by atoms with E-state index in [1.165, 1.54) is 0 Å². The van der Waals surface area contributed by atoms with Crippen molar-refractivity contribution < 1.29 is 85.3 Å². The van der Waals surface area contributed by atoms with E-state index in [9.17, 15) is 0 Å². The molecule has 99 heavy (non-hydrogen) atoms. The van der Waals surface area contributed by atoms with Gasteiger partial charge in [0.25, 0.3) is 0 Å². The van der Waals surface area contributed by atoms with Gasteiger partial charge in [0.15, 0.2) is 103 Å². The molecule has 21 rings (SSSR count). The molecule has 9 aromatic heterocycles. The first-order chi connectivity index (χ1) is 49.0. The molecule has 12 aromatic rings. The van der Waals surface area contributed by atoms with Gasteiger partial charge in [-0.3, -0.25) is 0 Å². The molecule has 0 N–H and O–H groups in total. The molecule has 0 atom stereocenters. The Morgan fingerprint density at radius 1 is 0.152 bits per heavy atom. The highest BCUT2D eigenvalue weighted by Crippen LogP contribution is 2.63. The molecule has 9 aliphatic heterocycles. The number of benzene rings is 3. The van der Waals surface area contributed by atoms with Gasteiger partial charge in [-0.25, -0.2) is 0 Å². The Labute approximate surface area is 600 Å². The molecule has 0 aliphatic carbocycles. The van der Waals surface area contributed by atoms with Crippen LogP contribution in [0.4, 0.5) is 0 Å². The lowest BCUT2D eigenvalue weighted by molar-refractivity contribution is 0.172. The van der Waals surface area contributed by atoms with Gasteiger partial charge in [-0.05, 0) is 105 Å². The Morgan fingerprint density at radius 3 is 0.545 bits per heavy atom. The largest absolute Gasteiger partial charge is 0.485 e. The zero-order valence-electron chi connectivity index (χ0n) is 52.0. The maximum Gasteiger partial charge on any atom is 0.181 e. The van der Waals surface area contributed by atoms with Crippen LogP contribution in [0.5, 0.6) is 103 Å². The molecule has 27 heteroatoms. The van der Waals surface area contributed by atoms with Crippen LogP contribution in [0.25, 0.3) is 104 Å². The lowest BCUT2D eigenvalue weighted by Crippen LogP contribution is -2.15. The van der Waals surface area contributed by atoms with Gasteiger partial charge < -0.3 is 85.3 Å². The van der Waals surface area contributed by atoms with Crippen LogP contribution in [0.3, 0.4) is 0 Å². The molecule has 0 amide bonds. The Hall–Kier alpha value is -8.64. The summed E-state index contributed by atoms with van der Waals surface area (Å²) in [4.78, 5) is 11.0. The molecule has 0 unspecified atom stereocenters. The van der Waals surface area contributed by atoms with Crippen molar-refractivity contribution in [1.82, 2.24) is 0 Å². The zero-order chi connectivity index (χ0) is 65.1. The number of hydrogen-bond donors (Lipinski definition) is 0. The number of ether oxygens (including phenoxy) is 18. The van der Waals surface area contributed by atoms with E-state index in [0.717, 1.165) is 207 Å². The van der Waals surface area contributed by atoms with Crippen LogP contribution >= 0.6 is 102 Å². The highest BCUT2D eigenvalue weighted by Gasteiger charge is 2.36. The molecule has 0 spiro atoms. The molecule has 0 radical (unpaired) electrons. The van der Waals surface area contributed by atoms with Crippen LogP contribution in [0.2, 0.25) is 0 Å². The molecule has 9 aliphatic rings. The van der Waals surface area contributed by atoms with Crippen molar-refractivity contribution in [1.29, 1.82) is 0 Å². The highest BCUT2D eigenvalue weighted by molar-refractivity contribution is 7.25. The molecular formula is C72H52O18S9. The standard InChI is InChI=1S/C42H30O10S5.C30H22O8S4/c1-5-47-31-27(43-1)17-53-37(31)23-11-21(12-24(15-23)38-32-28(18-54-38)44-2-6-48-32)22-13-25(39-33-29(19-55-39)45-3-7-49-33)16-26(14-22)40-35-36(52-10-9-51-35)42(57-40)41-34-30(20-56-41)46-4-8-50-34;1-4-34-21-18(31-1)12-39-26(21)15-9-16(27-22-19(13-40-27)32-2-5-35-22)11-17(10-15)28-24-25(38-8-7-37-24)30(42-28)29-23-20(14-41-29)33-3-6-36-23/h11-20H,1-10H2;9-14H,1-8H2. The first-order valence-electron chi connectivity index (χ1n) is 32.0. The van der Waals surface area contributed by atoms with E-state index in [1.807, 2.05) is 37.7 Å². The first kappa shape index (κ1) is 60.3. The van der Waals surface area contributed by atoms with Gasteiger partial charge in [-0.1, -0.05) is 0 Å². The van der Waals surface area contributed by atoms with Crippen LogP contribution in [-0.2, 0) is 0 Å². The fourth-order valence-corrected chi connectivity index (χ4v) is 22.2. The first-order valence-corrected chi connectivity index (χ1v) is 39.8. The molecule has 0 saturated heterocycles. The van der Waals surface area contributed by atoms with Crippen molar-refractivity contribution in [3.8, 4) is 207 Å². The average molecular weight is 1490 g/mol. The van der Waals surface area contributed by atoms with Crippen molar-refractivity contribution in [2.75, 3.05) is 119 Å². The fraction of sp³-hybridized carbons (Fsp3) is 0.250. The summed E-state index contributed by atoms with van der Waals surface area (Å²) in [5, 5.41) is 14.1. The smallest absolute Gasteiger partial charge is 0.181 e. The summed E-state index contributed by atoms with van der Waals surface area (Å²) in [7, 11) is 0. The summed E-state index contributed by atoms with van der Waals surface area (Å²) in [6.07, 6.45) is 0. The number of thiophene rings is 9. The van der Waals surface area contributed by atoms with E-state index in [1.54, 1.807) is 102 Å². The minimum Gasteiger partial charge on any atom is -0.485 e. The zero-order valence-corrected chi connectivity index (χ0v) is 59.3. The third-order valence-electron chi connectivity index (χ3n) is 17.3. The summed E-state index contributed by atoms with van der Waals surface area (Å²) in [5.74, 6) is 13.8. The second kappa shape index (κ2) is 25.2. The summed E-state index contributed by atoms with van der Waals surface area (Å²) in [5.41, 5.74) is 9.15. The molecule has 0 saturated carbocycles. The normalized spacial score (nSPS) is 16.2. The number of rotatable bonds is 10. The minimum atomic E-state index is 0.452. The lowest BCUT2D eigenvalue weighted by atomic mass is 9.94. The van der Waals surface area contributed by atoms with Crippen molar-refractivity contribution >= 4 is 102 Å². The van der Waals surface area contributed by atoms with Crippen LogP contribution in [0.1, 0.15) is 0 Å². The molecular weight excluding hydrogens is 1440 g/mol. The van der Waals surface area contributed by atoms with Crippen LogP contribution in [0, 0.1) is 0 Å². The maximum absolute atomic E-state index is 6.47. The van der Waals surface area contributed by atoms with Gasteiger partial charge in [0.1, 0.15) is 119 Å². The Morgan fingerprint density at radius 2 is 0.313 bits per heavy atom. The molecule has 0 fully saturated rings. The second-order valence-electron chi connectivity index (χ2n) is 23.3. The monoisotopic (exact) mass is 1490 g/mol. The van der Waals surface area contributed by atoms with Crippen LogP contribution < -0.4 is 85.3 Å². The molecule has 0 bridgehead atoms. The molecule has 18 nitrogen and oxygen atoms in total. The van der Waals surface area contributed by atoms with E-state index in [-0.39, 0.29) is 0 Å². The van der Waals surface area contributed by atoms with Gasteiger partial charge in [0, 0.05) is 37.7 Å². The predicted molar refractivity (Wildman–Crippen MR) is 387 cm³/mol. The van der Waals surface area contributed by atoms with Gasteiger partial charge in [-0.15, -0.1) is 102 Å². The number of fused-ring (bicyclic) bond motifs is 9. The lowest BCUT2D eigenvalue weighted by Gasteiger charge is -2.19. The summed E-state index contributed by atoms with van der Waals surface area (Å²) in [6.45, 7) is 9.22. The van der Waals surface area contributed by atoms with E-state index < -0.39 is 0 Å². The maximum atomic E-state index is 6.47. The number of hydrogen-bond acceptors (Lipinski definition) is 27. The van der Waals surface area contributed by atoms with Crippen molar-refractivity contribution in [3.63, 3.8) is 0 Å². The summed E-state index contributed by atoms with van der Waals surface area (Å²) in [6, 6.07) is 20.0. The Balaban J connectivity index is 0.000000140. The summed E-state index contributed by atoms with van der Waals surface area (Å²) >= 11 is 14.6. The van der Waals surface area contributed by atoms with E-state index in [2.05, 4.69) is 54.6 Å². The van der Waals surface area contributed by atoms with Crippen LogP contribution in [-0.4, -0.2) is 119 Å². The predicted octanol–water partition coefficient (Wildman–Crippen LogP) is 18.5. The summed E-state index contributed by atoms with van der Waals surface area (Å²) < 4.78 is 110. The third-order valence-corrected chi connectivity index (χ3v) is 26.8. The molecule has 3 aromatic carbocycles. The molecule has 502 valence electrons. The molecule has 18 heterocycles. The highest BCUT2D eigenvalue weighted by atomic mass is 32.1. The Bertz CT molecular complexity index is 5000. The quantitative estimate of drug-likeness (QED) is 0.127. The third kappa shape index (κ3) is 10.6. The van der Waals surface area contributed by atoms with E-state index >= 15 is 0 Å². The van der Waals surface area contributed by atoms with Gasteiger partial charge in [0.2, 0.25) is 0 Å². The van der Waals surface area contributed by atoms with Crippen molar-refractivity contribution in [2.24, 2.45) is 0 Å². The van der Waals surface area contributed by atoms with Gasteiger partial charge in [-0.2, -0.15) is 0 Å². The van der Waals surface area contributed by atoms with E-state index in [0.29, 0.717) is 119 Å². The van der Waals surface area contributed by atoms with E-state index in [4.69, 9.17) is 85.3 Å². The SMILES string of the molecule is c1c(-c2cc(-c3scc4c3OCCO4)cc(-c3sc(-c4scc5c4OCCO5)c4c3OCCO4)c2)cc(-c2scc3c2OCCO3)cc1-c1scc2c1OCCO2.c1c(-c2scc3c2OCCO3)cc(-c2sc(-c3scc4c3OCCO4)c3c2OCCO3)cc1-c1scc2c1OCCO2. The second-order valence-corrected chi connectivity index (χ2v) is 31.5. The minimum absolute atomic E-state index is 0.452. The van der Waals surface area contributed by atoms with Crippen molar-refractivity contribution in [2.45, 2.75) is 0 Å². The van der Waals surface area contributed by atoms with Gasteiger partial charge in [0.05, 0.1) is 53.6 Å². The topological polar surface area (TPSA) is 166 Å². The Kier molecular flexibility index (Phi) is 15.4.